The van der Waals surface area contributed by atoms with E-state index in [9.17, 15) is 14.9 Å². The lowest BCUT2D eigenvalue weighted by molar-refractivity contribution is -0.386. The molecule has 2 aromatic rings. The van der Waals surface area contributed by atoms with E-state index >= 15 is 0 Å². The molecule has 0 bridgehead atoms. The molecular formula is C22H28ClN3O3. The topological polar surface area (TPSA) is 89.5 Å². The summed E-state index contributed by atoms with van der Waals surface area (Å²) in [4.78, 5) is 26.0. The first-order valence-corrected chi connectivity index (χ1v) is 9.55. The summed E-state index contributed by atoms with van der Waals surface area (Å²) in [5, 5.41) is 11.6. The van der Waals surface area contributed by atoms with Crippen LogP contribution >= 0.6 is 12.4 Å². The molecule has 0 spiro atoms. The smallest absolute Gasteiger partial charge is 0.273 e. The Kier molecular flexibility index (Phi) is 7.03. The predicted molar refractivity (Wildman–Crippen MR) is 117 cm³/mol. The molecule has 7 heteroatoms. The molecule has 1 aliphatic heterocycles. The van der Waals surface area contributed by atoms with Gasteiger partial charge >= 0.3 is 0 Å². The molecule has 6 nitrogen and oxygen atoms in total. The Balaban J connectivity index is 0.00000300. The van der Waals surface area contributed by atoms with Crippen LogP contribution in [-0.4, -0.2) is 35.4 Å². The second-order valence-corrected chi connectivity index (χ2v) is 8.46. The fraction of sp³-hybridized carbons (Fsp3) is 0.409. The zero-order valence-electron chi connectivity index (χ0n) is 17.0. The molecule has 1 aliphatic rings. The SMILES string of the molecule is CC(C)(C)c1ccc(C(=O)N2C[C@@H](CN)[C@H](c3ccccc3)C2)cc1[N+](=O)[O-].Cl. The average molecular weight is 418 g/mol. The lowest BCUT2D eigenvalue weighted by Gasteiger charge is -2.20. The van der Waals surface area contributed by atoms with Crippen molar-refractivity contribution in [1.82, 2.24) is 4.90 Å². The van der Waals surface area contributed by atoms with Crippen molar-refractivity contribution in [1.29, 1.82) is 0 Å². The molecule has 1 amide bonds. The van der Waals surface area contributed by atoms with E-state index in [1.807, 2.05) is 39.0 Å². The number of carbonyl (C=O) groups is 1. The molecule has 0 unspecified atom stereocenters. The van der Waals surface area contributed by atoms with E-state index in [-0.39, 0.29) is 41.3 Å². The van der Waals surface area contributed by atoms with Gasteiger partial charge in [0, 0.05) is 36.2 Å². The van der Waals surface area contributed by atoms with Gasteiger partial charge in [-0.3, -0.25) is 14.9 Å². The van der Waals surface area contributed by atoms with Crippen LogP contribution in [0.15, 0.2) is 48.5 Å². The van der Waals surface area contributed by atoms with Crippen molar-refractivity contribution in [3.8, 4) is 0 Å². The van der Waals surface area contributed by atoms with Crippen molar-refractivity contribution >= 4 is 24.0 Å². The van der Waals surface area contributed by atoms with Gasteiger partial charge in [0.15, 0.2) is 0 Å². The fourth-order valence-corrected chi connectivity index (χ4v) is 3.99. The highest BCUT2D eigenvalue weighted by atomic mass is 35.5. The molecule has 29 heavy (non-hydrogen) atoms. The summed E-state index contributed by atoms with van der Waals surface area (Å²) in [5.74, 6) is 0.176. The third kappa shape index (κ3) is 4.77. The van der Waals surface area contributed by atoms with Crippen LogP contribution < -0.4 is 5.73 Å². The maximum absolute atomic E-state index is 13.1. The largest absolute Gasteiger partial charge is 0.338 e. The number of rotatable bonds is 4. The maximum Gasteiger partial charge on any atom is 0.273 e. The van der Waals surface area contributed by atoms with Crippen LogP contribution in [-0.2, 0) is 5.41 Å². The lowest BCUT2D eigenvalue weighted by atomic mass is 9.85. The number of carbonyl (C=O) groups excluding carboxylic acids is 1. The van der Waals surface area contributed by atoms with Gasteiger partial charge < -0.3 is 10.6 Å². The van der Waals surface area contributed by atoms with Crippen molar-refractivity contribution in [2.45, 2.75) is 32.1 Å². The molecule has 1 fully saturated rings. The molecule has 0 radical (unpaired) electrons. The maximum atomic E-state index is 13.1. The van der Waals surface area contributed by atoms with Crippen LogP contribution in [0.3, 0.4) is 0 Å². The first-order chi connectivity index (χ1) is 13.2. The van der Waals surface area contributed by atoms with Gasteiger partial charge in [0.05, 0.1) is 4.92 Å². The third-order valence-corrected chi connectivity index (χ3v) is 5.51. The summed E-state index contributed by atoms with van der Waals surface area (Å²) in [6, 6.07) is 14.9. The van der Waals surface area contributed by atoms with Crippen molar-refractivity contribution in [3.63, 3.8) is 0 Å². The number of halogens is 1. The number of benzene rings is 2. The van der Waals surface area contributed by atoms with E-state index in [1.54, 1.807) is 17.0 Å². The third-order valence-electron chi connectivity index (χ3n) is 5.51. The monoisotopic (exact) mass is 417 g/mol. The predicted octanol–water partition coefficient (Wildman–Crippen LogP) is 4.13. The zero-order chi connectivity index (χ0) is 20.5. The fourth-order valence-electron chi connectivity index (χ4n) is 3.99. The molecule has 0 saturated carbocycles. The van der Waals surface area contributed by atoms with Crippen LogP contribution in [0.2, 0.25) is 0 Å². The van der Waals surface area contributed by atoms with Crippen molar-refractivity contribution in [2.75, 3.05) is 19.6 Å². The Labute approximate surface area is 177 Å². The molecule has 1 saturated heterocycles. The molecule has 156 valence electrons. The number of nitrogens with zero attached hydrogens (tertiary/aromatic N) is 2. The summed E-state index contributed by atoms with van der Waals surface area (Å²) in [5.41, 5.74) is 7.73. The minimum atomic E-state index is -0.406. The Morgan fingerprint density at radius 2 is 1.83 bits per heavy atom. The number of nitrogens with two attached hydrogens (primary N) is 1. The normalized spacial score (nSPS) is 19.0. The number of nitro groups is 1. The number of nitro benzene ring substituents is 1. The Bertz CT molecular complexity index is 881. The standard InChI is InChI=1S/C22H27N3O3.ClH/c1-22(2,3)19-10-9-16(11-20(19)25(27)28)21(26)24-13-17(12-23)18(14-24)15-7-5-4-6-8-15;/h4-11,17-18H,12-14,23H2,1-3H3;1H/t17-,18+;/m1./s1. The number of hydrogen-bond donors (Lipinski definition) is 1. The van der Waals surface area contributed by atoms with Gasteiger partial charge in [-0.25, -0.2) is 0 Å². The van der Waals surface area contributed by atoms with Gasteiger partial charge in [-0.15, -0.1) is 12.4 Å². The Hall–Kier alpha value is -2.44. The van der Waals surface area contributed by atoms with Crippen LogP contribution in [0.5, 0.6) is 0 Å². The van der Waals surface area contributed by atoms with E-state index in [2.05, 4.69) is 12.1 Å². The summed E-state index contributed by atoms with van der Waals surface area (Å²) in [7, 11) is 0. The van der Waals surface area contributed by atoms with Crippen molar-refractivity contribution in [2.24, 2.45) is 11.7 Å². The van der Waals surface area contributed by atoms with E-state index in [0.29, 0.717) is 30.8 Å². The Morgan fingerprint density at radius 1 is 1.17 bits per heavy atom. The average Bonchev–Trinajstić information content (AvgIpc) is 3.11. The van der Waals surface area contributed by atoms with Gasteiger partial charge in [0.2, 0.25) is 0 Å². The quantitative estimate of drug-likeness (QED) is 0.598. The highest BCUT2D eigenvalue weighted by Gasteiger charge is 2.36. The molecule has 2 N–H and O–H groups in total. The number of likely N-dealkylation sites (tertiary alicyclic amines) is 1. The minimum Gasteiger partial charge on any atom is -0.338 e. The second-order valence-electron chi connectivity index (χ2n) is 8.46. The second kappa shape index (κ2) is 8.93. The van der Waals surface area contributed by atoms with Gasteiger partial charge in [-0.2, -0.15) is 0 Å². The minimum absolute atomic E-state index is 0. The molecule has 2 atom stereocenters. The van der Waals surface area contributed by atoms with Crippen LogP contribution in [0.4, 0.5) is 5.69 Å². The Morgan fingerprint density at radius 3 is 2.38 bits per heavy atom. The van der Waals surface area contributed by atoms with Crippen LogP contribution in [0.25, 0.3) is 0 Å². The van der Waals surface area contributed by atoms with Crippen molar-refractivity contribution in [3.05, 3.63) is 75.3 Å². The first kappa shape index (κ1) is 22.8. The van der Waals surface area contributed by atoms with Gasteiger partial charge in [0.25, 0.3) is 11.6 Å². The highest BCUT2D eigenvalue weighted by Crippen LogP contribution is 2.35. The summed E-state index contributed by atoms with van der Waals surface area (Å²) in [6.07, 6.45) is 0. The summed E-state index contributed by atoms with van der Waals surface area (Å²) in [6.45, 7) is 7.39. The molecular weight excluding hydrogens is 390 g/mol. The van der Waals surface area contributed by atoms with E-state index < -0.39 is 4.92 Å². The lowest BCUT2D eigenvalue weighted by Crippen LogP contribution is -2.30. The highest BCUT2D eigenvalue weighted by molar-refractivity contribution is 5.95. The van der Waals surface area contributed by atoms with Crippen molar-refractivity contribution < 1.29 is 9.72 Å². The van der Waals surface area contributed by atoms with Crippen LogP contribution in [0, 0.1) is 16.0 Å². The van der Waals surface area contributed by atoms with Crippen LogP contribution in [0.1, 0.15) is 48.2 Å². The van der Waals surface area contributed by atoms with Gasteiger partial charge in [-0.1, -0.05) is 57.2 Å². The van der Waals surface area contributed by atoms with E-state index in [0.717, 1.165) is 0 Å². The number of hydrogen-bond acceptors (Lipinski definition) is 4. The first-order valence-electron chi connectivity index (χ1n) is 9.55. The molecule has 0 aromatic heterocycles. The summed E-state index contributed by atoms with van der Waals surface area (Å²) < 4.78 is 0. The van der Waals surface area contributed by atoms with Gasteiger partial charge in [0.1, 0.15) is 0 Å². The molecule has 3 rings (SSSR count). The summed E-state index contributed by atoms with van der Waals surface area (Å²) >= 11 is 0. The number of amides is 1. The van der Waals surface area contributed by atoms with E-state index in [4.69, 9.17) is 5.73 Å². The zero-order valence-corrected chi connectivity index (χ0v) is 17.8. The van der Waals surface area contributed by atoms with E-state index in [1.165, 1.54) is 11.6 Å². The molecule has 0 aliphatic carbocycles. The molecule has 1 heterocycles. The van der Waals surface area contributed by atoms with Gasteiger partial charge in [-0.05, 0) is 29.5 Å². The molecule has 2 aromatic carbocycles.